The van der Waals surface area contributed by atoms with Crippen LogP contribution in [0.4, 0.5) is 0 Å². The second kappa shape index (κ2) is 8.88. The van der Waals surface area contributed by atoms with Crippen LogP contribution in [0.5, 0.6) is 0 Å². The van der Waals surface area contributed by atoms with Gasteiger partial charge in [0, 0.05) is 30.2 Å². The van der Waals surface area contributed by atoms with E-state index < -0.39 is 15.6 Å². The van der Waals surface area contributed by atoms with Crippen molar-refractivity contribution < 1.29 is 18.3 Å². The molecule has 1 aromatic heterocycles. The van der Waals surface area contributed by atoms with Crippen molar-refractivity contribution in [3.05, 3.63) is 96.2 Å². The van der Waals surface area contributed by atoms with E-state index in [1.165, 1.54) is 12.3 Å². The van der Waals surface area contributed by atoms with Gasteiger partial charge in [-0.1, -0.05) is 48.5 Å². The van der Waals surface area contributed by atoms with E-state index in [1.807, 2.05) is 36.4 Å². The van der Waals surface area contributed by atoms with E-state index in [0.29, 0.717) is 48.0 Å². The monoisotopic (exact) mass is 487 g/mol. The largest absolute Gasteiger partial charge is 0.385 e. The van der Waals surface area contributed by atoms with E-state index in [1.54, 1.807) is 41.3 Å². The minimum atomic E-state index is -3.97. The van der Waals surface area contributed by atoms with Crippen molar-refractivity contribution in [1.82, 2.24) is 9.88 Å². The molecule has 0 saturated carbocycles. The first-order valence-electron chi connectivity index (χ1n) is 11.3. The molecule has 1 amide bonds. The van der Waals surface area contributed by atoms with E-state index in [9.17, 15) is 18.3 Å². The van der Waals surface area contributed by atoms with E-state index in [2.05, 4.69) is 4.98 Å². The van der Waals surface area contributed by atoms with Crippen molar-refractivity contribution in [2.45, 2.75) is 23.3 Å². The summed E-state index contributed by atoms with van der Waals surface area (Å²) < 4.78 is 24.3. The molecule has 0 bridgehead atoms. The van der Waals surface area contributed by atoms with Crippen molar-refractivity contribution in [3.8, 4) is 11.1 Å². The molecule has 4 aromatic rings. The first-order valence-corrected chi connectivity index (χ1v) is 12.9. The van der Waals surface area contributed by atoms with Gasteiger partial charge in [0.1, 0.15) is 4.90 Å². The number of primary sulfonamides is 1. The molecule has 0 atom stereocenters. The number of pyridine rings is 1. The highest BCUT2D eigenvalue weighted by molar-refractivity contribution is 7.89. The van der Waals surface area contributed by atoms with Crippen LogP contribution >= 0.6 is 0 Å². The van der Waals surface area contributed by atoms with Gasteiger partial charge in [0.05, 0.1) is 11.1 Å². The summed E-state index contributed by atoms with van der Waals surface area (Å²) in [6.07, 6.45) is 2.48. The maximum atomic E-state index is 13.1. The summed E-state index contributed by atoms with van der Waals surface area (Å²) in [7, 11) is -3.97. The molecule has 2 heterocycles. The molecule has 0 radical (unpaired) electrons. The zero-order valence-electron chi connectivity index (χ0n) is 19.0. The first-order chi connectivity index (χ1) is 16.7. The molecular formula is C27H25N3O4S. The summed E-state index contributed by atoms with van der Waals surface area (Å²) in [5.74, 6) is -0.0976. The summed E-state index contributed by atoms with van der Waals surface area (Å²) in [4.78, 5) is 19.0. The molecule has 5 rings (SSSR count). The summed E-state index contributed by atoms with van der Waals surface area (Å²) >= 11 is 0. The molecule has 0 aliphatic carbocycles. The fourth-order valence-corrected chi connectivity index (χ4v) is 5.38. The summed E-state index contributed by atoms with van der Waals surface area (Å²) in [6, 6.07) is 23.5. The number of aromatic nitrogens is 1. The first kappa shape index (κ1) is 23.2. The molecule has 0 spiro atoms. The number of amides is 1. The van der Waals surface area contributed by atoms with Crippen LogP contribution in [0.15, 0.2) is 90.0 Å². The quantitative estimate of drug-likeness (QED) is 0.456. The van der Waals surface area contributed by atoms with Gasteiger partial charge in [-0.25, -0.2) is 13.6 Å². The number of sulfonamides is 1. The van der Waals surface area contributed by atoms with Crippen LogP contribution in [0, 0.1) is 0 Å². The number of aliphatic hydroxyl groups is 1. The van der Waals surface area contributed by atoms with Gasteiger partial charge < -0.3 is 10.0 Å². The van der Waals surface area contributed by atoms with Gasteiger partial charge in [-0.3, -0.25) is 9.78 Å². The Kier molecular flexibility index (Phi) is 5.88. The van der Waals surface area contributed by atoms with Crippen LogP contribution in [0.25, 0.3) is 22.0 Å². The highest BCUT2D eigenvalue weighted by Gasteiger charge is 2.35. The highest BCUT2D eigenvalue weighted by atomic mass is 32.2. The Labute approximate surface area is 203 Å². The number of nitrogens with zero attached hydrogens (tertiary/aromatic N) is 2. The Morgan fingerprint density at radius 3 is 2.26 bits per heavy atom. The second-order valence-corrected chi connectivity index (χ2v) is 10.4. The molecule has 3 aromatic carbocycles. The Bertz CT molecular complexity index is 1500. The number of carbonyl (C=O) groups excluding carboxylic acids is 1. The number of piperidine rings is 1. The second-order valence-electron chi connectivity index (χ2n) is 8.86. The smallest absolute Gasteiger partial charge is 0.253 e. The molecule has 35 heavy (non-hydrogen) atoms. The lowest BCUT2D eigenvalue weighted by atomic mass is 9.84. The van der Waals surface area contributed by atoms with Gasteiger partial charge in [-0.15, -0.1) is 0 Å². The topological polar surface area (TPSA) is 114 Å². The zero-order chi connectivity index (χ0) is 24.6. The van der Waals surface area contributed by atoms with Crippen LogP contribution < -0.4 is 5.14 Å². The number of hydrogen-bond donors (Lipinski definition) is 2. The SMILES string of the molecule is NS(=O)(=O)c1cc(-c2ccc(C(=O)N3CCC(O)(c4ccccc4)CC3)cc2)cc2cccnc12. The van der Waals surface area contributed by atoms with Crippen molar-refractivity contribution in [2.24, 2.45) is 5.14 Å². The summed E-state index contributed by atoms with van der Waals surface area (Å²) in [6.45, 7) is 0.919. The van der Waals surface area contributed by atoms with Crippen molar-refractivity contribution in [1.29, 1.82) is 0 Å². The number of hydrogen-bond acceptors (Lipinski definition) is 5. The average molecular weight is 488 g/mol. The van der Waals surface area contributed by atoms with Crippen LogP contribution in [-0.2, 0) is 15.6 Å². The van der Waals surface area contributed by atoms with Crippen molar-refractivity contribution >= 4 is 26.8 Å². The number of likely N-dealkylation sites (tertiary alicyclic amines) is 1. The Morgan fingerprint density at radius 1 is 0.914 bits per heavy atom. The third-order valence-corrected chi connectivity index (χ3v) is 7.55. The number of benzene rings is 3. The average Bonchev–Trinajstić information content (AvgIpc) is 2.88. The lowest BCUT2D eigenvalue weighted by Crippen LogP contribution is -2.45. The van der Waals surface area contributed by atoms with Gasteiger partial charge in [0.15, 0.2) is 0 Å². The Balaban J connectivity index is 1.36. The van der Waals surface area contributed by atoms with E-state index >= 15 is 0 Å². The zero-order valence-corrected chi connectivity index (χ0v) is 19.8. The van der Waals surface area contributed by atoms with Crippen LogP contribution in [0.3, 0.4) is 0 Å². The predicted octanol–water partition coefficient (Wildman–Crippen LogP) is 3.67. The Hall–Kier alpha value is -3.59. The third kappa shape index (κ3) is 4.55. The van der Waals surface area contributed by atoms with Crippen molar-refractivity contribution in [2.75, 3.05) is 13.1 Å². The number of carbonyl (C=O) groups is 1. The fraction of sp³-hybridized carbons (Fsp3) is 0.185. The normalized spacial score (nSPS) is 15.8. The summed E-state index contributed by atoms with van der Waals surface area (Å²) in [5, 5.41) is 17.1. The third-order valence-electron chi connectivity index (χ3n) is 6.63. The Morgan fingerprint density at radius 2 is 1.60 bits per heavy atom. The van der Waals surface area contributed by atoms with E-state index in [0.717, 1.165) is 11.1 Å². The number of fused-ring (bicyclic) bond motifs is 1. The molecule has 7 nitrogen and oxygen atoms in total. The lowest BCUT2D eigenvalue weighted by molar-refractivity contribution is -0.0211. The van der Waals surface area contributed by atoms with Crippen molar-refractivity contribution in [3.63, 3.8) is 0 Å². The molecule has 8 heteroatoms. The molecule has 3 N–H and O–H groups in total. The standard InChI is InChI=1S/C27H25N3O4S/c28-35(33,34)24-18-22(17-21-5-4-14-29-25(21)24)19-8-10-20(11-9-19)26(31)30-15-12-27(32,13-16-30)23-6-2-1-3-7-23/h1-11,14,17-18,32H,12-13,15-16H2,(H2,28,33,34). The highest BCUT2D eigenvalue weighted by Crippen LogP contribution is 2.33. The van der Waals surface area contributed by atoms with Gasteiger partial charge >= 0.3 is 0 Å². The molecule has 1 aliphatic heterocycles. The number of rotatable bonds is 4. The molecule has 0 unspecified atom stereocenters. The lowest BCUT2D eigenvalue weighted by Gasteiger charge is -2.38. The van der Waals surface area contributed by atoms with Crippen LogP contribution in [0.1, 0.15) is 28.8 Å². The molecule has 1 fully saturated rings. The molecular weight excluding hydrogens is 462 g/mol. The number of nitrogens with two attached hydrogens (primary N) is 1. The van der Waals surface area contributed by atoms with Gasteiger partial charge in [0.2, 0.25) is 10.0 Å². The van der Waals surface area contributed by atoms with Gasteiger partial charge in [0.25, 0.3) is 5.91 Å². The van der Waals surface area contributed by atoms with E-state index in [4.69, 9.17) is 5.14 Å². The maximum Gasteiger partial charge on any atom is 0.253 e. The molecule has 1 aliphatic rings. The van der Waals surface area contributed by atoms with Crippen LogP contribution in [-0.4, -0.2) is 42.4 Å². The predicted molar refractivity (Wildman–Crippen MR) is 134 cm³/mol. The summed E-state index contributed by atoms with van der Waals surface area (Å²) in [5.41, 5.74) is 2.24. The molecule has 178 valence electrons. The van der Waals surface area contributed by atoms with Gasteiger partial charge in [-0.2, -0.15) is 0 Å². The minimum absolute atomic E-state index is 0.0371. The van der Waals surface area contributed by atoms with Crippen LogP contribution in [0.2, 0.25) is 0 Å². The molecule has 1 saturated heterocycles. The van der Waals surface area contributed by atoms with Gasteiger partial charge in [-0.05, 0) is 59.9 Å². The fourth-order valence-electron chi connectivity index (χ4n) is 4.65. The van der Waals surface area contributed by atoms with E-state index in [-0.39, 0.29) is 10.8 Å². The minimum Gasteiger partial charge on any atom is -0.385 e. The maximum absolute atomic E-state index is 13.1.